The molecule has 0 spiro atoms. The van der Waals surface area contributed by atoms with Crippen molar-refractivity contribution < 1.29 is 19.2 Å². The first kappa shape index (κ1) is 16.3. The lowest BCUT2D eigenvalue weighted by Gasteiger charge is -2.24. The van der Waals surface area contributed by atoms with Gasteiger partial charge in [0.1, 0.15) is 6.04 Å². The minimum Gasteiger partial charge on any atom is -0.317 e. The molecule has 0 aromatic heterocycles. The SMILES string of the molecule is CC(C(=O)NC(=O)C1CCNCC1)N1C(=O)c2ccccc2C1=O. The fourth-order valence-corrected chi connectivity index (χ4v) is 3.09. The van der Waals surface area contributed by atoms with Gasteiger partial charge >= 0.3 is 0 Å². The molecule has 0 saturated carbocycles. The summed E-state index contributed by atoms with van der Waals surface area (Å²) in [4.78, 5) is 50.1. The van der Waals surface area contributed by atoms with E-state index < -0.39 is 23.8 Å². The van der Waals surface area contributed by atoms with Crippen molar-refractivity contribution >= 4 is 23.6 Å². The Labute approximate surface area is 139 Å². The summed E-state index contributed by atoms with van der Waals surface area (Å²) in [5.41, 5.74) is 0.568. The van der Waals surface area contributed by atoms with Gasteiger partial charge in [-0.3, -0.25) is 29.4 Å². The fraction of sp³-hybridized carbons (Fsp3) is 0.412. The van der Waals surface area contributed by atoms with Crippen LogP contribution in [0.15, 0.2) is 24.3 Å². The zero-order valence-corrected chi connectivity index (χ0v) is 13.4. The Kier molecular flexibility index (Phi) is 4.44. The molecule has 1 unspecified atom stereocenters. The Hall–Kier alpha value is -2.54. The van der Waals surface area contributed by atoms with E-state index in [0.717, 1.165) is 18.0 Å². The van der Waals surface area contributed by atoms with Gasteiger partial charge in [0.25, 0.3) is 11.8 Å². The normalized spacial score (nSPS) is 19.1. The minimum atomic E-state index is -1.04. The average molecular weight is 329 g/mol. The Morgan fingerprint density at radius 1 is 1.12 bits per heavy atom. The van der Waals surface area contributed by atoms with Crippen LogP contribution in [-0.2, 0) is 9.59 Å². The average Bonchev–Trinajstić information content (AvgIpc) is 2.86. The second kappa shape index (κ2) is 6.52. The third-order valence-electron chi connectivity index (χ3n) is 4.55. The zero-order chi connectivity index (χ0) is 17.3. The number of carbonyl (C=O) groups is 4. The van der Waals surface area contributed by atoms with E-state index in [-0.39, 0.29) is 23.0 Å². The molecule has 2 aliphatic heterocycles. The molecule has 1 saturated heterocycles. The van der Waals surface area contributed by atoms with Gasteiger partial charge in [0.2, 0.25) is 11.8 Å². The summed E-state index contributed by atoms with van der Waals surface area (Å²) in [6, 6.07) is 5.40. The van der Waals surface area contributed by atoms with Crippen LogP contribution in [-0.4, -0.2) is 47.7 Å². The van der Waals surface area contributed by atoms with Crippen LogP contribution in [0, 0.1) is 5.92 Å². The summed E-state index contributed by atoms with van der Waals surface area (Å²) in [5.74, 6) is -2.21. The number of nitrogens with one attached hydrogen (secondary N) is 2. The number of rotatable bonds is 3. The molecule has 0 radical (unpaired) electrons. The van der Waals surface area contributed by atoms with E-state index in [1.807, 2.05) is 0 Å². The number of hydrogen-bond donors (Lipinski definition) is 2. The van der Waals surface area contributed by atoms with Crippen molar-refractivity contribution in [3.63, 3.8) is 0 Å². The highest BCUT2D eigenvalue weighted by atomic mass is 16.2. The first-order chi connectivity index (χ1) is 11.5. The van der Waals surface area contributed by atoms with E-state index in [4.69, 9.17) is 0 Å². The first-order valence-corrected chi connectivity index (χ1v) is 8.03. The third kappa shape index (κ3) is 2.82. The number of hydrogen-bond acceptors (Lipinski definition) is 5. The van der Waals surface area contributed by atoms with Crippen molar-refractivity contribution in [1.82, 2.24) is 15.5 Å². The van der Waals surface area contributed by atoms with E-state index in [1.165, 1.54) is 6.92 Å². The minimum absolute atomic E-state index is 0.218. The molecule has 7 nitrogen and oxygen atoms in total. The number of piperidine rings is 1. The maximum atomic E-state index is 12.4. The molecular weight excluding hydrogens is 310 g/mol. The van der Waals surface area contributed by atoms with Gasteiger partial charge in [0.15, 0.2) is 0 Å². The lowest BCUT2D eigenvalue weighted by molar-refractivity contribution is -0.135. The first-order valence-electron chi connectivity index (χ1n) is 8.03. The van der Waals surface area contributed by atoms with E-state index in [9.17, 15) is 19.2 Å². The van der Waals surface area contributed by atoms with Gasteiger partial charge < -0.3 is 5.32 Å². The number of imide groups is 2. The van der Waals surface area contributed by atoms with Gasteiger partial charge in [-0.1, -0.05) is 12.1 Å². The van der Waals surface area contributed by atoms with E-state index >= 15 is 0 Å². The fourth-order valence-electron chi connectivity index (χ4n) is 3.09. The molecule has 0 aliphatic carbocycles. The topological polar surface area (TPSA) is 95.6 Å². The van der Waals surface area contributed by atoms with Gasteiger partial charge in [-0.15, -0.1) is 0 Å². The molecular formula is C17H19N3O4. The quantitative estimate of drug-likeness (QED) is 0.778. The van der Waals surface area contributed by atoms with E-state index in [0.29, 0.717) is 12.8 Å². The number of benzene rings is 1. The van der Waals surface area contributed by atoms with Crippen molar-refractivity contribution in [2.24, 2.45) is 5.92 Å². The van der Waals surface area contributed by atoms with Gasteiger partial charge in [-0.2, -0.15) is 0 Å². The van der Waals surface area contributed by atoms with Crippen molar-refractivity contribution in [2.45, 2.75) is 25.8 Å². The Bertz CT molecular complexity index is 675. The van der Waals surface area contributed by atoms with Gasteiger partial charge in [0.05, 0.1) is 11.1 Å². The number of fused-ring (bicyclic) bond motifs is 1. The van der Waals surface area contributed by atoms with Crippen LogP contribution in [0.5, 0.6) is 0 Å². The number of amides is 4. The van der Waals surface area contributed by atoms with Crippen molar-refractivity contribution in [3.05, 3.63) is 35.4 Å². The van der Waals surface area contributed by atoms with Crippen molar-refractivity contribution in [3.8, 4) is 0 Å². The molecule has 4 amide bonds. The lowest BCUT2D eigenvalue weighted by Crippen LogP contribution is -2.51. The number of nitrogens with zero attached hydrogens (tertiary/aromatic N) is 1. The van der Waals surface area contributed by atoms with Crippen LogP contribution in [0.2, 0.25) is 0 Å². The highest BCUT2D eigenvalue weighted by Crippen LogP contribution is 2.24. The summed E-state index contributed by atoms with van der Waals surface area (Å²) in [7, 11) is 0. The maximum absolute atomic E-state index is 12.4. The molecule has 2 aliphatic rings. The van der Waals surface area contributed by atoms with Gasteiger partial charge in [0, 0.05) is 5.92 Å². The predicted octanol–water partition coefficient (Wildman–Crippen LogP) is 0.314. The molecule has 7 heteroatoms. The van der Waals surface area contributed by atoms with Crippen molar-refractivity contribution in [2.75, 3.05) is 13.1 Å². The van der Waals surface area contributed by atoms with Gasteiger partial charge in [-0.25, -0.2) is 0 Å². The Balaban J connectivity index is 1.69. The largest absolute Gasteiger partial charge is 0.317 e. The highest BCUT2D eigenvalue weighted by molar-refractivity contribution is 6.23. The second-order valence-corrected chi connectivity index (χ2v) is 6.08. The van der Waals surface area contributed by atoms with Crippen LogP contribution >= 0.6 is 0 Å². The maximum Gasteiger partial charge on any atom is 0.262 e. The molecule has 3 rings (SSSR count). The monoisotopic (exact) mass is 329 g/mol. The van der Waals surface area contributed by atoms with Crippen molar-refractivity contribution in [1.29, 1.82) is 0 Å². The molecule has 0 bridgehead atoms. The van der Waals surface area contributed by atoms with Gasteiger partial charge in [-0.05, 0) is 45.0 Å². The molecule has 1 aromatic rings. The Morgan fingerprint density at radius 3 is 2.21 bits per heavy atom. The van der Waals surface area contributed by atoms with E-state index in [2.05, 4.69) is 10.6 Å². The van der Waals surface area contributed by atoms with Crippen LogP contribution in [0.1, 0.15) is 40.5 Å². The molecule has 24 heavy (non-hydrogen) atoms. The molecule has 1 fully saturated rings. The summed E-state index contributed by atoms with van der Waals surface area (Å²) in [6.45, 7) is 2.92. The predicted molar refractivity (Wildman–Crippen MR) is 85.1 cm³/mol. The summed E-state index contributed by atoms with van der Waals surface area (Å²) in [5, 5.41) is 5.49. The third-order valence-corrected chi connectivity index (χ3v) is 4.55. The summed E-state index contributed by atoms with van der Waals surface area (Å²) >= 11 is 0. The van der Waals surface area contributed by atoms with Crippen LogP contribution in [0.25, 0.3) is 0 Å². The van der Waals surface area contributed by atoms with E-state index in [1.54, 1.807) is 24.3 Å². The lowest BCUT2D eigenvalue weighted by atomic mass is 9.97. The summed E-state index contributed by atoms with van der Waals surface area (Å²) in [6.07, 6.45) is 1.33. The zero-order valence-electron chi connectivity index (χ0n) is 13.4. The standard InChI is InChI=1S/C17H19N3O4/c1-10(14(21)19-15(22)11-6-8-18-9-7-11)20-16(23)12-4-2-3-5-13(12)17(20)24/h2-5,10-11,18H,6-9H2,1H3,(H,19,21,22). The Morgan fingerprint density at radius 2 is 1.67 bits per heavy atom. The highest BCUT2D eigenvalue weighted by Gasteiger charge is 2.41. The molecule has 126 valence electrons. The van der Waals surface area contributed by atoms with Crippen LogP contribution < -0.4 is 10.6 Å². The van der Waals surface area contributed by atoms with Crippen LogP contribution in [0.3, 0.4) is 0 Å². The molecule has 2 N–H and O–H groups in total. The second-order valence-electron chi connectivity index (χ2n) is 6.08. The molecule has 1 atom stereocenters. The number of carbonyl (C=O) groups excluding carboxylic acids is 4. The van der Waals surface area contributed by atoms with Crippen LogP contribution in [0.4, 0.5) is 0 Å². The summed E-state index contributed by atoms with van der Waals surface area (Å²) < 4.78 is 0. The molecule has 2 heterocycles. The smallest absolute Gasteiger partial charge is 0.262 e. The molecule has 1 aromatic carbocycles.